The first-order valence-electron chi connectivity index (χ1n) is 8.04. The van der Waals surface area contributed by atoms with Crippen molar-refractivity contribution in [2.75, 3.05) is 31.2 Å². The Morgan fingerprint density at radius 2 is 2.08 bits per heavy atom. The van der Waals surface area contributed by atoms with Crippen LogP contribution in [0.1, 0.15) is 15.9 Å². The summed E-state index contributed by atoms with van der Waals surface area (Å²) in [6.07, 6.45) is 1.68. The maximum atomic E-state index is 12.3. The van der Waals surface area contributed by atoms with E-state index in [1.807, 2.05) is 6.07 Å². The lowest BCUT2D eigenvalue weighted by molar-refractivity contribution is -0.385. The molecule has 0 radical (unpaired) electrons. The standard InChI is InChI=1S/C17H17ClN4O4/c18-13-1-2-14(15(10-13)22(24)25)17(23)20-11-12-3-4-19-16(9-12)21-5-7-26-8-6-21/h1-4,9-10H,5-8,11H2,(H,20,23). The number of anilines is 1. The Balaban J connectivity index is 1.69. The number of pyridine rings is 1. The maximum absolute atomic E-state index is 12.3. The Hall–Kier alpha value is -2.71. The minimum atomic E-state index is -0.621. The van der Waals surface area contributed by atoms with Gasteiger partial charge in [0.1, 0.15) is 11.4 Å². The monoisotopic (exact) mass is 376 g/mol. The molecule has 136 valence electrons. The topological polar surface area (TPSA) is 97.6 Å². The summed E-state index contributed by atoms with van der Waals surface area (Å²) in [5.74, 6) is 0.288. The van der Waals surface area contributed by atoms with E-state index in [0.717, 1.165) is 24.5 Å². The highest BCUT2D eigenvalue weighted by molar-refractivity contribution is 6.31. The third-order valence-corrected chi connectivity index (χ3v) is 4.23. The number of rotatable bonds is 5. The number of carbonyl (C=O) groups is 1. The van der Waals surface area contributed by atoms with E-state index >= 15 is 0 Å². The molecule has 0 atom stereocenters. The Morgan fingerprint density at radius 3 is 2.81 bits per heavy atom. The number of nitrogens with zero attached hydrogens (tertiary/aromatic N) is 3. The van der Waals surface area contributed by atoms with Gasteiger partial charge in [0.25, 0.3) is 11.6 Å². The Labute approximate surface area is 154 Å². The van der Waals surface area contributed by atoms with E-state index in [0.29, 0.717) is 13.2 Å². The number of nitro groups is 1. The highest BCUT2D eigenvalue weighted by atomic mass is 35.5. The van der Waals surface area contributed by atoms with E-state index in [9.17, 15) is 14.9 Å². The number of nitrogens with one attached hydrogen (secondary N) is 1. The molecule has 1 amide bonds. The molecule has 2 aromatic rings. The van der Waals surface area contributed by atoms with Gasteiger partial charge in [-0.1, -0.05) is 11.6 Å². The Morgan fingerprint density at radius 1 is 1.31 bits per heavy atom. The van der Waals surface area contributed by atoms with Gasteiger partial charge in [0.2, 0.25) is 0 Å². The van der Waals surface area contributed by atoms with Crippen LogP contribution in [0.5, 0.6) is 0 Å². The molecule has 0 bridgehead atoms. The number of halogens is 1. The summed E-state index contributed by atoms with van der Waals surface area (Å²) in [7, 11) is 0. The fourth-order valence-electron chi connectivity index (χ4n) is 2.66. The number of morpholine rings is 1. The molecule has 0 unspecified atom stereocenters. The predicted octanol–water partition coefficient (Wildman–Crippen LogP) is 2.41. The zero-order valence-corrected chi connectivity index (χ0v) is 14.6. The molecule has 0 spiro atoms. The summed E-state index contributed by atoms with van der Waals surface area (Å²) in [5, 5.41) is 14.0. The van der Waals surface area contributed by atoms with Crippen LogP contribution >= 0.6 is 11.6 Å². The maximum Gasteiger partial charge on any atom is 0.283 e. The van der Waals surface area contributed by atoms with E-state index in [4.69, 9.17) is 16.3 Å². The van der Waals surface area contributed by atoms with Crippen molar-refractivity contribution in [1.29, 1.82) is 0 Å². The van der Waals surface area contributed by atoms with Crippen LogP contribution in [0, 0.1) is 10.1 Å². The van der Waals surface area contributed by atoms with Gasteiger partial charge in [-0.15, -0.1) is 0 Å². The number of ether oxygens (including phenoxy) is 1. The smallest absolute Gasteiger partial charge is 0.283 e. The van der Waals surface area contributed by atoms with Gasteiger partial charge in [0.15, 0.2) is 0 Å². The van der Waals surface area contributed by atoms with E-state index in [1.54, 1.807) is 12.3 Å². The number of hydrogen-bond donors (Lipinski definition) is 1. The molecule has 2 heterocycles. The molecule has 8 nitrogen and oxygen atoms in total. The molecule has 26 heavy (non-hydrogen) atoms. The number of benzene rings is 1. The van der Waals surface area contributed by atoms with Crippen molar-refractivity contribution in [3.63, 3.8) is 0 Å². The lowest BCUT2D eigenvalue weighted by atomic mass is 10.1. The molecule has 9 heteroatoms. The molecule has 1 N–H and O–H groups in total. The third kappa shape index (κ3) is 4.27. The average Bonchev–Trinajstić information content (AvgIpc) is 2.67. The minimum absolute atomic E-state index is 0.0261. The molecular formula is C17H17ClN4O4. The molecule has 0 saturated carbocycles. The summed E-state index contributed by atoms with van der Waals surface area (Å²) >= 11 is 5.77. The van der Waals surface area contributed by atoms with Crippen LogP contribution in [-0.4, -0.2) is 42.1 Å². The van der Waals surface area contributed by atoms with Crippen LogP contribution in [-0.2, 0) is 11.3 Å². The van der Waals surface area contributed by atoms with Crippen molar-refractivity contribution in [3.05, 3.63) is 62.8 Å². The van der Waals surface area contributed by atoms with Gasteiger partial charge in [-0.25, -0.2) is 4.98 Å². The van der Waals surface area contributed by atoms with Crippen LogP contribution in [0.2, 0.25) is 5.02 Å². The van der Waals surface area contributed by atoms with E-state index < -0.39 is 10.8 Å². The first-order valence-corrected chi connectivity index (χ1v) is 8.42. The van der Waals surface area contributed by atoms with Gasteiger partial charge < -0.3 is 15.0 Å². The van der Waals surface area contributed by atoms with Crippen LogP contribution in [0.3, 0.4) is 0 Å². The number of nitro benzene ring substituents is 1. The van der Waals surface area contributed by atoms with Gasteiger partial charge >= 0.3 is 0 Å². The van der Waals surface area contributed by atoms with Crippen molar-refractivity contribution in [2.24, 2.45) is 0 Å². The van der Waals surface area contributed by atoms with Crippen molar-refractivity contribution in [3.8, 4) is 0 Å². The molecule has 1 aromatic carbocycles. The normalized spacial score (nSPS) is 14.1. The van der Waals surface area contributed by atoms with Gasteiger partial charge in [-0.3, -0.25) is 14.9 Å². The highest BCUT2D eigenvalue weighted by Gasteiger charge is 2.20. The SMILES string of the molecule is O=C(NCc1ccnc(N2CCOCC2)c1)c1ccc(Cl)cc1[N+](=O)[O-]. The highest BCUT2D eigenvalue weighted by Crippen LogP contribution is 2.23. The lowest BCUT2D eigenvalue weighted by Gasteiger charge is -2.28. The summed E-state index contributed by atoms with van der Waals surface area (Å²) in [6, 6.07) is 7.65. The fourth-order valence-corrected chi connectivity index (χ4v) is 2.83. The fraction of sp³-hybridized carbons (Fsp3) is 0.294. The van der Waals surface area contributed by atoms with Crippen LogP contribution < -0.4 is 10.2 Å². The summed E-state index contributed by atoms with van der Waals surface area (Å²) in [6.45, 7) is 3.07. The molecule has 1 saturated heterocycles. The van der Waals surface area contributed by atoms with Gasteiger partial charge in [-0.05, 0) is 29.8 Å². The quantitative estimate of drug-likeness (QED) is 0.635. The first kappa shape index (κ1) is 18.1. The lowest BCUT2D eigenvalue weighted by Crippen LogP contribution is -2.36. The summed E-state index contributed by atoms with van der Waals surface area (Å²) < 4.78 is 5.33. The number of carbonyl (C=O) groups excluding carboxylic acids is 1. The molecule has 1 fully saturated rings. The first-order chi connectivity index (χ1) is 12.5. The van der Waals surface area contributed by atoms with Crippen molar-refractivity contribution in [1.82, 2.24) is 10.3 Å². The van der Waals surface area contributed by atoms with Crippen LogP contribution in [0.15, 0.2) is 36.5 Å². The van der Waals surface area contributed by atoms with Gasteiger partial charge in [-0.2, -0.15) is 0 Å². The second-order valence-electron chi connectivity index (χ2n) is 5.72. The molecule has 1 aliphatic rings. The van der Waals surface area contributed by atoms with Gasteiger partial charge in [0.05, 0.1) is 18.1 Å². The Kier molecular flexibility index (Phi) is 5.65. The summed E-state index contributed by atoms with van der Waals surface area (Å²) in [4.78, 5) is 29.3. The number of aromatic nitrogens is 1. The van der Waals surface area contributed by atoms with Crippen molar-refractivity contribution in [2.45, 2.75) is 6.54 Å². The average molecular weight is 377 g/mol. The van der Waals surface area contributed by atoms with E-state index in [1.165, 1.54) is 18.2 Å². The summed E-state index contributed by atoms with van der Waals surface area (Å²) in [5.41, 5.74) is 0.507. The second-order valence-corrected chi connectivity index (χ2v) is 6.16. The van der Waals surface area contributed by atoms with E-state index in [2.05, 4.69) is 15.2 Å². The van der Waals surface area contributed by atoms with Crippen molar-refractivity contribution < 1.29 is 14.5 Å². The van der Waals surface area contributed by atoms with Crippen molar-refractivity contribution >= 4 is 29.0 Å². The Bertz CT molecular complexity index is 824. The molecular weight excluding hydrogens is 360 g/mol. The third-order valence-electron chi connectivity index (χ3n) is 4.00. The number of amides is 1. The largest absolute Gasteiger partial charge is 0.378 e. The van der Waals surface area contributed by atoms with Crippen LogP contribution in [0.4, 0.5) is 11.5 Å². The molecule has 0 aliphatic carbocycles. The predicted molar refractivity (Wildman–Crippen MR) is 96.5 cm³/mol. The zero-order valence-electron chi connectivity index (χ0n) is 13.9. The number of hydrogen-bond acceptors (Lipinski definition) is 6. The van der Waals surface area contributed by atoms with Gasteiger partial charge in [0, 0.05) is 36.9 Å². The zero-order chi connectivity index (χ0) is 18.5. The second kappa shape index (κ2) is 8.11. The van der Waals surface area contributed by atoms with E-state index in [-0.39, 0.29) is 22.8 Å². The molecule has 1 aliphatic heterocycles. The molecule has 3 rings (SSSR count). The van der Waals surface area contributed by atoms with Crippen LogP contribution in [0.25, 0.3) is 0 Å². The molecule has 1 aromatic heterocycles. The minimum Gasteiger partial charge on any atom is -0.378 e.